The second-order valence-corrected chi connectivity index (χ2v) is 11.1. The fourth-order valence-corrected chi connectivity index (χ4v) is 5.91. The Morgan fingerprint density at radius 2 is 2.14 bits per heavy atom. The zero-order valence-electron chi connectivity index (χ0n) is 20.2. The second kappa shape index (κ2) is 14.3. The van der Waals surface area contributed by atoms with Crippen LogP contribution in [0.3, 0.4) is 0 Å². The maximum absolute atomic E-state index is 12.5. The molecule has 0 bridgehead atoms. The van der Waals surface area contributed by atoms with Gasteiger partial charge in [-0.25, -0.2) is 9.80 Å². The maximum Gasteiger partial charge on any atom is 0.369 e. The van der Waals surface area contributed by atoms with E-state index in [1.54, 1.807) is 28.5 Å². The third kappa shape index (κ3) is 8.87. The number of hydrazine groups is 1. The van der Waals surface area contributed by atoms with Crippen molar-refractivity contribution in [2.75, 3.05) is 25.4 Å². The van der Waals surface area contributed by atoms with Crippen LogP contribution in [0.1, 0.15) is 35.1 Å². The quantitative estimate of drug-likeness (QED) is 0.281. The molecule has 9 heteroatoms. The number of aliphatic hydroxyl groups is 1. The van der Waals surface area contributed by atoms with Crippen molar-refractivity contribution in [3.63, 3.8) is 0 Å². The summed E-state index contributed by atoms with van der Waals surface area (Å²) in [5.41, 5.74) is 4.15. The molecule has 190 valence electrons. The Labute approximate surface area is 225 Å². The third-order valence-electron chi connectivity index (χ3n) is 5.54. The van der Waals surface area contributed by atoms with Gasteiger partial charge in [0, 0.05) is 41.9 Å². The van der Waals surface area contributed by atoms with E-state index in [1.165, 1.54) is 17.3 Å². The van der Waals surface area contributed by atoms with Crippen LogP contribution < -0.4 is 0 Å². The topological polar surface area (TPSA) is 81.1 Å². The minimum Gasteiger partial charge on any atom is -0.473 e. The van der Waals surface area contributed by atoms with Crippen molar-refractivity contribution in [1.29, 1.82) is 0 Å². The van der Waals surface area contributed by atoms with E-state index in [-0.39, 0.29) is 5.24 Å². The van der Waals surface area contributed by atoms with Crippen LogP contribution in [0, 0.1) is 18.8 Å². The summed E-state index contributed by atoms with van der Waals surface area (Å²) < 4.78 is 0. The van der Waals surface area contributed by atoms with Crippen molar-refractivity contribution in [2.24, 2.45) is 0 Å². The van der Waals surface area contributed by atoms with Gasteiger partial charge in [0.1, 0.15) is 0 Å². The zero-order valence-corrected chi connectivity index (χ0v) is 22.6. The lowest BCUT2D eigenvalue weighted by atomic mass is 10.0. The Morgan fingerprint density at radius 3 is 2.86 bits per heavy atom. The van der Waals surface area contributed by atoms with E-state index in [2.05, 4.69) is 30.7 Å². The largest absolute Gasteiger partial charge is 0.473 e. The Hall–Kier alpha value is -2.48. The molecule has 1 aromatic heterocycles. The maximum atomic E-state index is 12.5. The first-order valence-corrected chi connectivity index (χ1v) is 14.3. The Balaban J connectivity index is 1.55. The number of benzene rings is 1. The van der Waals surface area contributed by atoms with Gasteiger partial charge in [-0.3, -0.25) is 9.80 Å². The van der Waals surface area contributed by atoms with Crippen LogP contribution in [-0.2, 0) is 6.42 Å². The van der Waals surface area contributed by atoms with E-state index in [9.17, 15) is 14.7 Å². The highest BCUT2D eigenvalue weighted by Gasteiger charge is 2.27. The molecule has 1 atom stereocenters. The molecule has 2 heterocycles. The lowest BCUT2D eigenvalue weighted by molar-refractivity contribution is 0.0150. The summed E-state index contributed by atoms with van der Waals surface area (Å²) in [7, 11) is 0. The molecule has 0 radical (unpaired) electrons. The Kier molecular flexibility index (Phi) is 11.2. The van der Waals surface area contributed by atoms with E-state index in [1.807, 2.05) is 34.7 Å². The highest BCUT2D eigenvalue weighted by Crippen LogP contribution is 2.25. The number of thioether (sulfide) groups is 2. The molecular formula is C27H30N2O4S3. The summed E-state index contributed by atoms with van der Waals surface area (Å²) in [5, 5.41) is 26.5. The van der Waals surface area contributed by atoms with Crippen LogP contribution in [0.5, 0.6) is 0 Å². The highest BCUT2D eigenvalue weighted by molar-refractivity contribution is 8.16. The molecule has 1 fully saturated rings. The monoisotopic (exact) mass is 542 g/mol. The van der Waals surface area contributed by atoms with Gasteiger partial charge in [-0.1, -0.05) is 54.5 Å². The highest BCUT2D eigenvalue weighted by atomic mass is 32.2. The van der Waals surface area contributed by atoms with Crippen molar-refractivity contribution in [1.82, 2.24) is 10.0 Å². The summed E-state index contributed by atoms with van der Waals surface area (Å²) in [6, 6.07) is 7.93. The zero-order chi connectivity index (χ0) is 25.9. The van der Waals surface area contributed by atoms with Gasteiger partial charge in [0.2, 0.25) is 0 Å². The van der Waals surface area contributed by atoms with Crippen molar-refractivity contribution >= 4 is 45.4 Å². The number of carbonyl (C=O) groups excluding carboxylic acids is 1. The molecule has 3 rings (SSSR count). The normalized spacial score (nSPS) is 15.3. The number of carboxylic acid groups (broad SMARTS) is 1. The molecule has 1 unspecified atom stereocenters. The van der Waals surface area contributed by atoms with E-state index >= 15 is 0 Å². The van der Waals surface area contributed by atoms with Crippen LogP contribution >= 0.6 is 34.9 Å². The molecule has 2 N–H and O–H groups in total. The number of allylic oxidation sites excluding steroid dienone is 2. The molecule has 6 nitrogen and oxygen atoms in total. The lowest BCUT2D eigenvalue weighted by Gasteiger charge is -2.38. The van der Waals surface area contributed by atoms with E-state index < -0.39 is 11.4 Å². The van der Waals surface area contributed by atoms with Gasteiger partial charge in [0.05, 0.1) is 6.10 Å². The second-order valence-electron chi connectivity index (χ2n) is 8.24. The van der Waals surface area contributed by atoms with Crippen molar-refractivity contribution in [3.05, 3.63) is 80.9 Å². The smallest absolute Gasteiger partial charge is 0.369 e. The lowest BCUT2D eigenvalue weighted by Crippen LogP contribution is -2.50. The molecule has 1 amide bonds. The summed E-state index contributed by atoms with van der Waals surface area (Å²) in [6.07, 6.45) is 4.10. The van der Waals surface area contributed by atoms with Crippen LogP contribution in [0.25, 0.3) is 0 Å². The van der Waals surface area contributed by atoms with E-state index in [4.69, 9.17) is 5.11 Å². The third-order valence-corrected chi connectivity index (χ3v) is 8.02. The molecule has 1 aromatic carbocycles. The van der Waals surface area contributed by atoms with Gasteiger partial charge in [0.15, 0.2) is 0 Å². The van der Waals surface area contributed by atoms with Gasteiger partial charge >= 0.3 is 5.30 Å². The number of aryl methyl sites for hydroxylation is 1. The van der Waals surface area contributed by atoms with Crippen molar-refractivity contribution < 1.29 is 19.8 Å². The first-order valence-electron chi connectivity index (χ1n) is 11.6. The van der Waals surface area contributed by atoms with Crippen molar-refractivity contribution in [2.45, 2.75) is 32.3 Å². The van der Waals surface area contributed by atoms with Crippen LogP contribution in [-0.4, -0.2) is 62.3 Å². The van der Waals surface area contributed by atoms with E-state index in [0.29, 0.717) is 49.6 Å². The predicted octanol–water partition coefficient (Wildman–Crippen LogP) is 6.01. The molecular weight excluding hydrogens is 513 g/mol. The molecule has 0 aliphatic carbocycles. The summed E-state index contributed by atoms with van der Waals surface area (Å²) >= 11 is 3.63. The van der Waals surface area contributed by atoms with Gasteiger partial charge in [-0.05, 0) is 71.5 Å². The molecule has 36 heavy (non-hydrogen) atoms. The summed E-state index contributed by atoms with van der Waals surface area (Å²) in [6.45, 7) is 7.30. The number of hydrogen-bond donors (Lipinski definition) is 2. The summed E-state index contributed by atoms with van der Waals surface area (Å²) in [4.78, 5) is 24.3. The Morgan fingerprint density at radius 1 is 1.31 bits per heavy atom. The molecule has 2 aromatic rings. The number of thiophene rings is 1. The number of nitrogens with zero attached hydrogens (tertiary/aromatic N) is 2. The average Bonchev–Trinajstić information content (AvgIpc) is 3.25. The SMILES string of the molecule is C=C/C=C(/CCN1C(=O)SCCN1CCC(O)Cc1cccc(C#Cc2cscc2C)c1)SC(=O)O. The first kappa shape index (κ1) is 28.1. The standard InChI is InChI=1S/C27H30N2O4S3/c1-3-5-25(36-27(32)33)11-13-29-26(31)35-15-14-28(29)12-10-24(30)17-22-7-4-6-21(16-22)8-9-23-19-34-18-20(23)2/h3-7,16,18-19,24,30H,1,10-15,17H2,2H3,(H,32,33)/b25-5-. The fourth-order valence-electron chi connectivity index (χ4n) is 3.72. The predicted molar refractivity (Wildman–Crippen MR) is 150 cm³/mol. The molecule has 0 spiro atoms. The first-order chi connectivity index (χ1) is 17.4. The van der Waals surface area contributed by atoms with Crippen LogP contribution in [0.4, 0.5) is 9.59 Å². The molecule has 1 aliphatic heterocycles. The fraction of sp³-hybridized carbons (Fsp3) is 0.333. The van der Waals surface area contributed by atoms with E-state index in [0.717, 1.165) is 28.5 Å². The molecule has 1 saturated heterocycles. The van der Waals surface area contributed by atoms with Gasteiger partial charge in [-0.2, -0.15) is 11.3 Å². The van der Waals surface area contributed by atoms with Crippen molar-refractivity contribution in [3.8, 4) is 11.8 Å². The molecule has 0 saturated carbocycles. The molecule has 1 aliphatic rings. The number of aliphatic hydroxyl groups excluding tert-OH is 1. The average molecular weight is 543 g/mol. The minimum absolute atomic E-state index is 0.0545. The number of rotatable bonds is 10. The van der Waals surface area contributed by atoms with Crippen LogP contribution in [0.2, 0.25) is 0 Å². The number of amides is 1. The Bertz CT molecular complexity index is 1170. The summed E-state index contributed by atoms with van der Waals surface area (Å²) in [5.74, 6) is 7.11. The van der Waals surface area contributed by atoms with Gasteiger partial charge in [0.25, 0.3) is 5.24 Å². The van der Waals surface area contributed by atoms with Gasteiger partial charge in [-0.15, -0.1) is 0 Å². The minimum atomic E-state index is -0.987. The van der Waals surface area contributed by atoms with Crippen LogP contribution in [0.15, 0.2) is 58.7 Å². The number of carbonyl (C=O) groups is 2. The van der Waals surface area contributed by atoms with Gasteiger partial charge < -0.3 is 10.2 Å². The number of hydrogen-bond acceptors (Lipinski definition) is 7.